The maximum atomic E-state index is 11.0. The van der Waals surface area contributed by atoms with E-state index in [0.29, 0.717) is 16.5 Å². The highest BCUT2D eigenvalue weighted by molar-refractivity contribution is 6.32. The van der Waals surface area contributed by atoms with Gasteiger partial charge in [-0.3, -0.25) is 4.79 Å². The van der Waals surface area contributed by atoms with Gasteiger partial charge in [0, 0.05) is 11.6 Å². The molecule has 5 heteroatoms. The summed E-state index contributed by atoms with van der Waals surface area (Å²) in [7, 11) is 3.08. The number of carbonyl (C=O) groups is 1. The molecule has 0 saturated heterocycles. The summed E-state index contributed by atoms with van der Waals surface area (Å²) in [6.07, 6.45) is 1.73. The van der Waals surface area contributed by atoms with Crippen LogP contribution in [0, 0.1) is 0 Å². The molecule has 0 radical (unpaired) electrons. The molecule has 0 bridgehead atoms. The molecule has 0 fully saturated rings. The Bertz CT molecular complexity index is 445. The Balaban J connectivity index is 3.22. The number of hydrogen-bond donors (Lipinski definition) is 1. The Morgan fingerprint density at radius 2 is 1.95 bits per heavy atom. The van der Waals surface area contributed by atoms with Gasteiger partial charge in [-0.15, -0.1) is 0 Å². The maximum absolute atomic E-state index is 11.0. The molecule has 0 saturated carbocycles. The minimum atomic E-state index is -0.825. The molecule has 0 heterocycles. The highest BCUT2D eigenvalue weighted by Crippen LogP contribution is 2.39. The molecule has 1 atom stereocenters. The van der Waals surface area contributed by atoms with Gasteiger partial charge in [0.1, 0.15) is 11.5 Å². The SMILES string of the molecule is CCCC(CC(=O)O)c1cc(OC)c(Cl)cc1OC. The van der Waals surface area contributed by atoms with E-state index in [1.165, 1.54) is 7.11 Å². The van der Waals surface area contributed by atoms with Gasteiger partial charge >= 0.3 is 5.97 Å². The summed E-state index contributed by atoms with van der Waals surface area (Å²) in [5.41, 5.74) is 0.827. The summed E-state index contributed by atoms with van der Waals surface area (Å²) in [6.45, 7) is 2.02. The van der Waals surface area contributed by atoms with Gasteiger partial charge in [0.15, 0.2) is 0 Å². The van der Waals surface area contributed by atoms with Crippen LogP contribution in [-0.2, 0) is 4.79 Å². The van der Waals surface area contributed by atoms with Gasteiger partial charge in [-0.25, -0.2) is 0 Å². The predicted octanol–water partition coefficient (Wildman–Crippen LogP) is 3.72. The van der Waals surface area contributed by atoms with Crippen LogP contribution in [0.15, 0.2) is 12.1 Å². The third-order valence-electron chi connectivity index (χ3n) is 3.00. The summed E-state index contributed by atoms with van der Waals surface area (Å²) < 4.78 is 10.5. The van der Waals surface area contributed by atoms with Gasteiger partial charge in [0.05, 0.1) is 25.7 Å². The van der Waals surface area contributed by atoms with Crippen LogP contribution in [-0.4, -0.2) is 25.3 Å². The third kappa shape index (κ3) is 4.03. The summed E-state index contributed by atoms with van der Waals surface area (Å²) in [5, 5.41) is 9.47. The summed E-state index contributed by atoms with van der Waals surface area (Å²) in [6, 6.07) is 3.44. The number of carboxylic acids is 1. The molecule has 106 valence electrons. The van der Waals surface area contributed by atoms with Crippen LogP contribution in [0.25, 0.3) is 0 Å². The molecule has 0 spiro atoms. The second kappa shape index (κ2) is 7.24. The average molecular weight is 287 g/mol. The molecule has 19 heavy (non-hydrogen) atoms. The molecular formula is C14H19ClO4. The first-order valence-corrected chi connectivity index (χ1v) is 6.54. The molecule has 1 aromatic rings. The normalized spacial score (nSPS) is 12.0. The van der Waals surface area contributed by atoms with E-state index in [2.05, 4.69) is 0 Å². The van der Waals surface area contributed by atoms with E-state index >= 15 is 0 Å². The zero-order valence-corrected chi connectivity index (χ0v) is 12.2. The Kier molecular flexibility index (Phi) is 5.96. The van der Waals surface area contributed by atoms with Gasteiger partial charge in [0.2, 0.25) is 0 Å². The number of ether oxygens (including phenoxy) is 2. The van der Waals surface area contributed by atoms with Gasteiger partial charge < -0.3 is 14.6 Å². The fourth-order valence-electron chi connectivity index (χ4n) is 2.13. The van der Waals surface area contributed by atoms with Crippen LogP contribution in [0.1, 0.15) is 37.7 Å². The van der Waals surface area contributed by atoms with Crippen molar-refractivity contribution in [1.29, 1.82) is 0 Å². The highest BCUT2D eigenvalue weighted by atomic mass is 35.5. The zero-order chi connectivity index (χ0) is 14.4. The lowest BCUT2D eigenvalue weighted by Crippen LogP contribution is -2.08. The van der Waals surface area contributed by atoms with E-state index in [-0.39, 0.29) is 12.3 Å². The number of benzene rings is 1. The monoisotopic (exact) mass is 286 g/mol. The number of hydrogen-bond acceptors (Lipinski definition) is 3. The van der Waals surface area contributed by atoms with E-state index in [1.54, 1.807) is 19.2 Å². The lowest BCUT2D eigenvalue weighted by atomic mass is 9.90. The quantitative estimate of drug-likeness (QED) is 0.830. The predicted molar refractivity (Wildman–Crippen MR) is 74.5 cm³/mol. The lowest BCUT2D eigenvalue weighted by molar-refractivity contribution is -0.137. The minimum absolute atomic E-state index is 0.0645. The fraction of sp³-hybridized carbons (Fsp3) is 0.500. The third-order valence-corrected chi connectivity index (χ3v) is 3.30. The number of carboxylic acid groups (broad SMARTS) is 1. The molecule has 0 aliphatic heterocycles. The number of rotatable bonds is 7. The first kappa shape index (κ1) is 15.6. The second-order valence-electron chi connectivity index (χ2n) is 4.31. The first-order valence-electron chi connectivity index (χ1n) is 6.16. The van der Waals surface area contributed by atoms with Crippen molar-refractivity contribution in [3.63, 3.8) is 0 Å². The number of aliphatic carboxylic acids is 1. The Morgan fingerprint density at radius 1 is 1.32 bits per heavy atom. The standard InChI is InChI=1S/C14H19ClO4/c1-4-5-9(6-14(16)17)10-7-13(19-3)11(15)8-12(10)18-2/h7-9H,4-6H2,1-3H3,(H,16,17). The molecule has 1 rings (SSSR count). The largest absolute Gasteiger partial charge is 0.496 e. The van der Waals surface area contributed by atoms with Crippen molar-refractivity contribution < 1.29 is 19.4 Å². The molecule has 1 N–H and O–H groups in total. The number of halogens is 1. The molecule has 0 aliphatic rings. The van der Waals surface area contributed by atoms with Crippen molar-refractivity contribution in [2.75, 3.05) is 14.2 Å². The topological polar surface area (TPSA) is 55.8 Å². The highest BCUT2D eigenvalue weighted by Gasteiger charge is 2.21. The summed E-state index contributed by atoms with van der Waals surface area (Å²) >= 11 is 6.05. The van der Waals surface area contributed by atoms with Crippen LogP contribution in [0.3, 0.4) is 0 Å². The second-order valence-corrected chi connectivity index (χ2v) is 4.72. The van der Waals surface area contributed by atoms with Crippen molar-refractivity contribution in [3.05, 3.63) is 22.7 Å². The van der Waals surface area contributed by atoms with Crippen LogP contribution in [0.2, 0.25) is 5.02 Å². The Labute approximate surface area is 118 Å². The molecule has 1 unspecified atom stereocenters. The lowest BCUT2D eigenvalue weighted by Gasteiger charge is -2.19. The molecule has 0 aromatic heterocycles. The van der Waals surface area contributed by atoms with E-state index in [9.17, 15) is 4.79 Å². The Morgan fingerprint density at radius 3 is 2.42 bits per heavy atom. The molecule has 0 aliphatic carbocycles. The maximum Gasteiger partial charge on any atom is 0.303 e. The van der Waals surface area contributed by atoms with Gasteiger partial charge in [-0.2, -0.15) is 0 Å². The van der Waals surface area contributed by atoms with Crippen molar-refractivity contribution in [2.24, 2.45) is 0 Å². The zero-order valence-electron chi connectivity index (χ0n) is 11.4. The molecule has 0 amide bonds. The molecule has 1 aromatic carbocycles. The molecule has 4 nitrogen and oxygen atoms in total. The average Bonchev–Trinajstić information content (AvgIpc) is 2.37. The van der Waals surface area contributed by atoms with Crippen LogP contribution >= 0.6 is 11.6 Å². The Hall–Kier alpha value is -1.42. The summed E-state index contributed by atoms with van der Waals surface area (Å²) in [4.78, 5) is 11.0. The van der Waals surface area contributed by atoms with Crippen LogP contribution in [0.5, 0.6) is 11.5 Å². The van der Waals surface area contributed by atoms with E-state index < -0.39 is 5.97 Å². The summed E-state index contributed by atoms with van der Waals surface area (Å²) in [5.74, 6) is 0.201. The fourth-order valence-corrected chi connectivity index (χ4v) is 2.36. The van der Waals surface area contributed by atoms with E-state index in [1.807, 2.05) is 6.92 Å². The smallest absolute Gasteiger partial charge is 0.303 e. The van der Waals surface area contributed by atoms with Crippen molar-refractivity contribution >= 4 is 17.6 Å². The van der Waals surface area contributed by atoms with E-state index in [0.717, 1.165) is 18.4 Å². The van der Waals surface area contributed by atoms with Gasteiger partial charge in [-0.05, 0) is 18.4 Å². The minimum Gasteiger partial charge on any atom is -0.496 e. The van der Waals surface area contributed by atoms with Crippen molar-refractivity contribution in [3.8, 4) is 11.5 Å². The van der Waals surface area contributed by atoms with E-state index in [4.69, 9.17) is 26.2 Å². The van der Waals surface area contributed by atoms with Crippen LogP contribution < -0.4 is 9.47 Å². The van der Waals surface area contributed by atoms with Crippen LogP contribution in [0.4, 0.5) is 0 Å². The van der Waals surface area contributed by atoms with Crippen molar-refractivity contribution in [2.45, 2.75) is 32.1 Å². The first-order chi connectivity index (χ1) is 9.03. The molecular weight excluding hydrogens is 268 g/mol. The number of methoxy groups -OCH3 is 2. The van der Waals surface area contributed by atoms with Gasteiger partial charge in [-0.1, -0.05) is 24.9 Å². The van der Waals surface area contributed by atoms with Crippen molar-refractivity contribution in [1.82, 2.24) is 0 Å². The van der Waals surface area contributed by atoms with Gasteiger partial charge in [0.25, 0.3) is 0 Å².